The molecule has 0 atom stereocenters. The van der Waals surface area contributed by atoms with E-state index < -0.39 is 0 Å². The molecule has 2 amide bonds. The van der Waals surface area contributed by atoms with Gasteiger partial charge in [-0.15, -0.1) is 0 Å². The molecule has 0 unspecified atom stereocenters. The number of carbonyl (C=O) groups excluding carboxylic acids is 1. The van der Waals surface area contributed by atoms with Crippen LogP contribution in [0.25, 0.3) is 0 Å². The van der Waals surface area contributed by atoms with Crippen molar-refractivity contribution in [3.63, 3.8) is 0 Å². The van der Waals surface area contributed by atoms with Gasteiger partial charge in [-0.3, -0.25) is 0 Å². The molecule has 0 spiro atoms. The van der Waals surface area contributed by atoms with Crippen molar-refractivity contribution in [2.45, 2.75) is 13.3 Å². The predicted molar refractivity (Wildman–Crippen MR) is 80.2 cm³/mol. The quantitative estimate of drug-likeness (QED) is 0.868. The first-order valence-corrected chi connectivity index (χ1v) is 6.75. The number of nitrogens with one attached hydrogen (secondary N) is 2. The van der Waals surface area contributed by atoms with Crippen molar-refractivity contribution in [1.82, 2.24) is 5.32 Å². The van der Waals surface area contributed by atoms with Gasteiger partial charge in [0.25, 0.3) is 0 Å². The lowest BCUT2D eigenvalue weighted by Gasteiger charge is -2.08. The molecule has 0 aliphatic heterocycles. The summed E-state index contributed by atoms with van der Waals surface area (Å²) in [5.74, 6) is 0.648. The first kappa shape index (κ1) is 14.8. The van der Waals surface area contributed by atoms with Gasteiger partial charge in [-0.25, -0.2) is 9.18 Å². The Bertz CT molecular complexity index is 599. The zero-order chi connectivity index (χ0) is 15.1. The minimum atomic E-state index is -0.349. The first-order valence-electron chi connectivity index (χ1n) is 6.75. The summed E-state index contributed by atoms with van der Waals surface area (Å²) >= 11 is 0. The number of carbonyl (C=O) groups is 1. The van der Waals surface area contributed by atoms with Crippen molar-refractivity contribution < 1.29 is 13.9 Å². The second-order valence-corrected chi connectivity index (χ2v) is 4.46. The van der Waals surface area contributed by atoms with Gasteiger partial charge in [0.15, 0.2) is 0 Å². The number of ether oxygens (including phenoxy) is 1. The Morgan fingerprint density at radius 3 is 2.57 bits per heavy atom. The summed E-state index contributed by atoms with van der Waals surface area (Å²) in [4.78, 5) is 11.5. The van der Waals surface area contributed by atoms with Crippen LogP contribution in [0.1, 0.15) is 13.3 Å². The van der Waals surface area contributed by atoms with Gasteiger partial charge in [0.1, 0.15) is 17.3 Å². The van der Waals surface area contributed by atoms with Crippen molar-refractivity contribution in [1.29, 1.82) is 0 Å². The number of urea groups is 1. The average Bonchev–Trinajstić information content (AvgIpc) is 2.47. The van der Waals surface area contributed by atoms with E-state index in [1.54, 1.807) is 36.4 Å². The molecule has 0 saturated heterocycles. The van der Waals surface area contributed by atoms with Gasteiger partial charge in [-0.2, -0.15) is 0 Å². The maximum absolute atomic E-state index is 13.0. The summed E-state index contributed by atoms with van der Waals surface area (Å²) in [6.45, 7) is 2.62. The van der Waals surface area contributed by atoms with Crippen LogP contribution in [0.15, 0.2) is 48.5 Å². The van der Waals surface area contributed by atoms with Gasteiger partial charge < -0.3 is 15.4 Å². The lowest BCUT2D eigenvalue weighted by atomic mass is 10.3. The molecule has 0 aliphatic carbocycles. The predicted octanol–water partition coefficient (Wildman–Crippen LogP) is 4.15. The molecular formula is C16H17FN2O2. The largest absolute Gasteiger partial charge is 0.457 e. The van der Waals surface area contributed by atoms with Crippen LogP contribution in [0.5, 0.6) is 11.5 Å². The van der Waals surface area contributed by atoms with Crippen LogP contribution in [-0.4, -0.2) is 12.6 Å². The summed E-state index contributed by atoms with van der Waals surface area (Å²) in [5.41, 5.74) is 0.662. The van der Waals surface area contributed by atoms with Crippen LogP contribution < -0.4 is 15.4 Å². The summed E-state index contributed by atoms with van der Waals surface area (Å²) in [6.07, 6.45) is 0.883. The molecule has 2 aromatic carbocycles. The van der Waals surface area contributed by atoms with Crippen LogP contribution in [0.4, 0.5) is 14.9 Å². The number of hydrogen-bond donors (Lipinski definition) is 2. The Morgan fingerprint density at radius 2 is 1.90 bits per heavy atom. The Morgan fingerprint density at radius 1 is 1.14 bits per heavy atom. The molecule has 0 fully saturated rings. The van der Waals surface area contributed by atoms with Gasteiger partial charge in [0.2, 0.25) is 0 Å². The maximum atomic E-state index is 13.0. The molecule has 0 heterocycles. The third kappa shape index (κ3) is 4.80. The van der Waals surface area contributed by atoms with E-state index in [1.165, 1.54) is 12.1 Å². The smallest absolute Gasteiger partial charge is 0.319 e. The van der Waals surface area contributed by atoms with Crippen molar-refractivity contribution >= 4 is 11.7 Å². The summed E-state index contributed by atoms with van der Waals surface area (Å²) in [7, 11) is 0. The lowest BCUT2D eigenvalue weighted by Crippen LogP contribution is -2.29. The van der Waals surface area contributed by atoms with Gasteiger partial charge in [0, 0.05) is 18.3 Å². The van der Waals surface area contributed by atoms with Crippen molar-refractivity contribution in [3.8, 4) is 11.5 Å². The van der Waals surface area contributed by atoms with E-state index in [2.05, 4.69) is 10.6 Å². The van der Waals surface area contributed by atoms with Crippen LogP contribution in [0.3, 0.4) is 0 Å². The molecule has 0 aromatic heterocycles. The molecule has 5 heteroatoms. The van der Waals surface area contributed by atoms with Crippen molar-refractivity contribution in [3.05, 3.63) is 54.3 Å². The van der Waals surface area contributed by atoms with Gasteiger partial charge in [0.05, 0.1) is 0 Å². The van der Waals surface area contributed by atoms with E-state index in [-0.39, 0.29) is 11.8 Å². The number of benzene rings is 2. The average molecular weight is 288 g/mol. The Balaban J connectivity index is 1.94. The number of amides is 2. The number of halogens is 1. The van der Waals surface area contributed by atoms with Crippen LogP contribution in [0, 0.1) is 5.82 Å². The van der Waals surface area contributed by atoms with Gasteiger partial charge in [-0.1, -0.05) is 13.0 Å². The topological polar surface area (TPSA) is 50.4 Å². The fourth-order valence-corrected chi connectivity index (χ4v) is 1.69. The number of anilines is 1. The highest BCUT2D eigenvalue weighted by Crippen LogP contribution is 2.23. The second kappa shape index (κ2) is 7.28. The first-order chi connectivity index (χ1) is 10.2. The molecule has 2 N–H and O–H groups in total. The highest BCUT2D eigenvalue weighted by Gasteiger charge is 2.02. The molecule has 0 aliphatic rings. The lowest BCUT2D eigenvalue weighted by molar-refractivity contribution is 0.252. The Hall–Kier alpha value is -2.56. The molecule has 4 nitrogen and oxygen atoms in total. The summed E-state index contributed by atoms with van der Waals surface area (Å²) in [5, 5.41) is 5.43. The van der Waals surface area contributed by atoms with Gasteiger partial charge in [-0.05, 0) is 42.8 Å². The van der Waals surface area contributed by atoms with E-state index in [0.29, 0.717) is 23.7 Å². The Labute approximate surface area is 122 Å². The monoisotopic (exact) mass is 288 g/mol. The highest BCUT2D eigenvalue weighted by molar-refractivity contribution is 5.89. The molecule has 0 radical (unpaired) electrons. The van der Waals surface area contributed by atoms with Crippen LogP contribution in [-0.2, 0) is 0 Å². The van der Waals surface area contributed by atoms with E-state index in [0.717, 1.165) is 6.42 Å². The number of hydrogen-bond acceptors (Lipinski definition) is 2. The maximum Gasteiger partial charge on any atom is 0.319 e. The van der Waals surface area contributed by atoms with E-state index in [4.69, 9.17) is 4.74 Å². The third-order valence-corrected chi connectivity index (χ3v) is 2.68. The van der Waals surface area contributed by atoms with E-state index in [9.17, 15) is 9.18 Å². The summed E-state index contributed by atoms with van der Waals surface area (Å²) in [6, 6.07) is 12.5. The molecule has 110 valence electrons. The third-order valence-electron chi connectivity index (χ3n) is 2.68. The minimum Gasteiger partial charge on any atom is -0.457 e. The molecular weight excluding hydrogens is 271 g/mol. The number of rotatable bonds is 5. The van der Waals surface area contributed by atoms with E-state index in [1.807, 2.05) is 6.92 Å². The molecule has 21 heavy (non-hydrogen) atoms. The summed E-state index contributed by atoms with van der Waals surface area (Å²) < 4.78 is 18.6. The van der Waals surface area contributed by atoms with Crippen molar-refractivity contribution in [2.75, 3.05) is 11.9 Å². The van der Waals surface area contributed by atoms with Crippen LogP contribution in [0.2, 0.25) is 0 Å². The zero-order valence-electron chi connectivity index (χ0n) is 11.7. The van der Waals surface area contributed by atoms with Gasteiger partial charge >= 0.3 is 6.03 Å². The molecule has 0 saturated carbocycles. The Kier molecular flexibility index (Phi) is 5.15. The molecule has 0 bridgehead atoms. The van der Waals surface area contributed by atoms with E-state index >= 15 is 0 Å². The second-order valence-electron chi connectivity index (χ2n) is 4.46. The fourth-order valence-electron chi connectivity index (χ4n) is 1.69. The highest BCUT2D eigenvalue weighted by atomic mass is 19.1. The SMILES string of the molecule is CCCNC(=O)Nc1ccc(Oc2cccc(F)c2)cc1. The zero-order valence-corrected chi connectivity index (χ0v) is 11.7. The van der Waals surface area contributed by atoms with Crippen LogP contribution >= 0.6 is 0 Å². The normalized spacial score (nSPS) is 10.0. The molecule has 2 aromatic rings. The molecule has 2 rings (SSSR count). The minimum absolute atomic E-state index is 0.240. The fraction of sp³-hybridized carbons (Fsp3) is 0.188. The standard InChI is InChI=1S/C16H17FN2O2/c1-2-10-18-16(20)19-13-6-8-14(9-7-13)21-15-5-3-4-12(17)11-15/h3-9,11H,2,10H2,1H3,(H2,18,19,20). The van der Waals surface area contributed by atoms with Crippen molar-refractivity contribution in [2.24, 2.45) is 0 Å².